The molecule has 1 unspecified atom stereocenters. The third-order valence-electron chi connectivity index (χ3n) is 6.11. The maximum Gasteiger partial charge on any atom is 0.251 e. The molecule has 8 nitrogen and oxygen atoms in total. The normalized spacial score (nSPS) is 14.8. The number of benzene rings is 2. The molecular formula is C25H34N4O4S. The number of aryl methyl sites for hydroxylation is 1. The molecule has 2 aromatic rings. The number of hydrogen-bond acceptors (Lipinski definition) is 5. The van der Waals surface area contributed by atoms with Crippen molar-refractivity contribution >= 4 is 33.2 Å². The molecule has 1 aliphatic heterocycles. The summed E-state index contributed by atoms with van der Waals surface area (Å²) in [7, 11) is -0.779. The minimum Gasteiger partial charge on any atom is -0.371 e. The summed E-state index contributed by atoms with van der Waals surface area (Å²) in [5.74, 6) is -0.628. The minimum absolute atomic E-state index is 0.0907. The van der Waals surface area contributed by atoms with Gasteiger partial charge in [0.25, 0.3) is 5.91 Å². The van der Waals surface area contributed by atoms with E-state index in [4.69, 9.17) is 0 Å². The molecule has 1 atom stereocenters. The minimum atomic E-state index is -3.69. The molecule has 0 saturated carbocycles. The van der Waals surface area contributed by atoms with Crippen LogP contribution in [-0.4, -0.2) is 57.8 Å². The number of sulfonamides is 1. The van der Waals surface area contributed by atoms with Crippen LogP contribution < -0.4 is 15.5 Å². The quantitative estimate of drug-likeness (QED) is 0.597. The lowest BCUT2D eigenvalue weighted by atomic mass is 10.1. The molecule has 2 amide bonds. The molecule has 0 aromatic heterocycles. The van der Waals surface area contributed by atoms with Crippen LogP contribution in [0.5, 0.6) is 0 Å². The van der Waals surface area contributed by atoms with Gasteiger partial charge in [0.2, 0.25) is 15.9 Å². The lowest BCUT2D eigenvalue weighted by Crippen LogP contribution is -2.35. The molecule has 1 aliphatic rings. The fourth-order valence-electron chi connectivity index (χ4n) is 4.03. The van der Waals surface area contributed by atoms with E-state index in [1.54, 1.807) is 26.8 Å². The molecule has 0 spiro atoms. The Bertz CT molecular complexity index is 1170. The van der Waals surface area contributed by atoms with Gasteiger partial charge in [0, 0.05) is 56.6 Å². The summed E-state index contributed by atoms with van der Waals surface area (Å²) < 4.78 is 26.5. The van der Waals surface area contributed by atoms with Gasteiger partial charge in [-0.15, -0.1) is 0 Å². The van der Waals surface area contributed by atoms with E-state index in [1.165, 1.54) is 33.0 Å². The van der Waals surface area contributed by atoms with Crippen molar-refractivity contribution in [3.05, 3.63) is 53.1 Å². The van der Waals surface area contributed by atoms with Gasteiger partial charge in [0.1, 0.15) is 0 Å². The summed E-state index contributed by atoms with van der Waals surface area (Å²) >= 11 is 0. The van der Waals surface area contributed by atoms with E-state index in [-0.39, 0.29) is 22.8 Å². The fraction of sp³-hybridized carbons (Fsp3) is 0.440. The SMILES string of the molecule is Cc1cc(C(=O)NC(C)CC(=O)Nc2cccc(N3CCCC3)c2)cc(S(=O)(=O)N(C)C)c1C. The van der Waals surface area contributed by atoms with Gasteiger partial charge in [-0.1, -0.05) is 6.07 Å². The zero-order valence-corrected chi connectivity index (χ0v) is 21.3. The first-order valence-corrected chi connectivity index (χ1v) is 12.9. The third kappa shape index (κ3) is 5.95. The zero-order valence-electron chi connectivity index (χ0n) is 20.5. The first-order chi connectivity index (χ1) is 16.0. The van der Waals surface area contributed by atoms with Crippen molar-refractivity contribution in [2.24, 2.45) is 0 Å². The van der Waals surface area contributed by atoms with E-state index in [1.807, 2.05) is 24.3 Å². The topological polar surface area (TPSA) is 98.8 Å². The van der Waals surface area contributed by atoms with E-state index < -0.39 is 22.0 Å². The second-order valence-corrected chi connectivity index (χ2v) is 11.2. The Labute approximate surface area is 202 Å². The maximum atomic E-state index is 12.8. The molecule has 2 N–H and O–H groups in total. The molecule has 1 heterocycles. The predicted octanol–water partition coefficient (Wildman–Crippen LogP) is 3.30. The molecule has 9 heteroatoms. The fourth-order valence-corrected chi connectivity index (χ4v) is 5.24. The van der Waals surface area contributed by atoms with E-state index in [0.29, 0.717) is 11.1 Å². The number of amides is 2. The standard InChI is InChI=1S/C25H34N4O4S/c1-17-13-20(15-23(19(17)3)34(32,33)28(4)5)25(31)26-18(2)14-24(30)27-21-9-8-10-22(16-21)29-11-6-7-12-29/h8-10,13,15-16,18H,6-7,11-12,14H2,1-5H3,(H,26,31)(H,27,30). The van der Waals surface area contributed by atoms with Crippen molar-refractivity contribution in [1.29, 1.82) is 0 Å². The van der Waals surface area contributed by atoms with Crippen molar-refractivity contribution in [3.63, 3.8) is 0 Å². The second kappa shape index (κ2) is 10.6. The molecule has 3 rings (SSSR count). The number of nitrogens with one attached hydrogen (secondary N) is 2. The number of carbonyl (C=O) groups excluding carboxylic acids is 2. The van der Waals surface area contributed by atoms with Crippen LogP contribution in [0.3, 0.4) is 0 Å². The van der Waals surface area contributed by atoms with Gasteiger partial charge in [-0.2, -0.15) is 0 Å². The van der Waals surface area contributed by atoms with Crippen LogP contribution in [0.25, 0.3) is 0 Å². The molecular weight excluding hydrogens is 452 g/mol. The van der Waals surface area contributed by atoms with E-state index in [0.717, 1.165) is 28.8 Å². The van der Waals surface area contributed by atoms with Crippen molar-refractivity contribution in [3.8, 4) is 0 Å². The summed E-state index contributed by atoms with van der Waals surface area (Å²) in [5.41, 5.74) is 3.37. The summed E-state index contributed by atoms with van der Waals surface area (Å²) in [4.78, 5) is 27.8. The van der Waals surface area contributed by atoms with Gasteiger partial charge < -0.3 is 15.5 Å². The smallest absolute Gasteiger partial charge is 0.251 e. The summed E-state index contributed by atoms with van der Waals surface area (Å²) in [5, 5.41) is 5.71. The largest absolute Gasteiger partial charge is 0.371 e. The van der Waals surface area contributed by atoms with Gasteiger partial charge in [-0.25, -0.2) is 12.7 Å². The average Bonchev–Trinajstić information content (AvgIpc) is 3.30. The number of rotatable bonds is 8. The van der Waals surface area contributed by atoms with Crippen LogP contribution in [0.1, 0.15) is 47.7 Å². The Morgan fingerprint density at radius 3 is 2.41 bits per heavy atom. The van der Waals surface area contributed by atoms with Gasteiger partial charge in [0.15, 0.2) is 0 Å². The van der Waals surface area contributed by atoms with Crippen molar-refractivity contribution in [1.82, 2.24) is 9.62 Å². The Morgan fingerprint density at radius 2 is 1.76 bits per heavy atom. The zero-order chi connectivity index (χ0) is 25.0. The van der Waals surface area contributed by atoms with E-state index in [2.05, 4.69) is 15.5 Å². The monoisotopic (exact) mass is 486 g/mol. The predicted molar refractivity (Wildman–Crippen MR) is 135 cm³/mol. The summed E-state index contributed by atoms with van der Waals surface area (Å²) in [6, 6.07) is 10.4. The number of anilines is 2. The Kier molecular flexibility index (Phi) is 7.99. The molecule has 184 valence electrons. The van der Waals surface area contributed by atoms with Gasteiger partial charge >= 0.3 is 0 Å². The number of hydrogen-bond donors (Lipinski definition) is 2. The Morgan fingerprint density at radius 1 is 1.09 bits per heavy atom. The third-order valence-corrected chi connectivity index (χ3v) is 8.05. The van der Waals surface area contributed by atoms with Crippen molar-refractivity contribution < 1.29 is 18.0 Å². The lowest BCUT2D eigenvalue weighted by Gasteiger charge is -2.19. The molecule has 0 radical (unpaired) electrons. The molecule has 1 saturated heterocycles. The van der Waals surface area contributed by atoms with Gasteiger partial charge in [0.05, 0.1) is 4.90 Å². The highest BCUT2D eigenvalue weighted by molar-refractivity contribution is 7.89. The van der Waals surface area contributed by atoms with Gasteiger partial charge in [-0.3, -0.25) is 9.59 Å². The van der Waals surface area contributed by atoms with Crippen LogP contribution in [-0.2, 0) is 14.8 Å². The van der Waals surface area contributed by atoms with Crippen LogP contribution in [0.15, 0.2) is 41.3 Å². The Hall–Kier alpha value is -2.91. The highest BCUT2D eigenvalue weighted by Crippen LogP contribution is 2.24. The highest BCUT2D eigenvalue weighted by atomic mass is 32.2. The molecule has 0 bridgehead atoms. The maximum absolute atomic E-state index is 12.8. The summed E-state index contributed by atoms with van der Waals surface area (Å²) in [6.07, 6.45) is 2.45. The molecule has 2 aromatic carbocycles. The average molecular weight is 487 g/mol. The lowest BCUT2D eigenvalue weighted by molar-refractivity contribution is -0.116. The first kappa shape index (κ1) is 25.7. The summed E-state index contributed by atoms with van der Waals surface area (Å²) in [6.45, 7) is 7.29. The molecule has 1 fully saturated rings. The van der Waals surface area contributed by atoms with Crippen LogP contribution >= 0.6 is 0 Å². The van der Waals surface area contributed by atoms with Crippen molar-refractivity contribution in [2.75, 3.05) is 37.4 Å². The highest BCUT2D eigenvalue weighted by Gasteiger charge is 2.23. The Balaban J connectivity index is 1.64. The second-order valence-electron chi connectivity index (χ2n) is 9.08. The van der Waals surface area contributed by atoms with Crippen LogP contribution in [0.4, 0.5) is 11.4 Å². The van der Waals surface area contributed by atoms with Crippen LogP contribution in [0.2, 0.25) is 0 Å². The van der Waals surface area contributed by atoms with Crippen molar-refractivity contribution in [2.45, 2.75) is 51.0 Å². The van der Waals surface area contributed by atoms with Crippen LogP contribution in [0, 0.1) is 13.8 Å². The number of carbonyl (C=O) groups is 2. The van der Waals surface area contributed by atoms with E-state index >= 15 is 0 Å². The van der Waals surface area contributed by atoms with Gasteiger partial charge in [-0.05, 0) is 75.1 Å². The first-order valence-electron chi connectivity index (χ1n) is 11.5. The number of nitrogens with zero attached hydrogens (tertiary/aromatic N) is 2. The van der Waals surface area contributed by atoms with E-state index in [9.17, 15) is 18.0 Å². The molecule has 0 aliphatic carbocycles. The molecule has 34 heavy (non-hydrogen) atoms.